The van der Waals surface area contributed by atoms with Crippen molar-refractivity contribution in [2.75, 3.05) is 5.73 Å². The van der Waals surface area contributed by atoms with Crippen LogP contribution < -0.4 is 5.73 Å². The minimum absolute atomic E-state index is 0.268. The maximum atomic E-state index is 5.78. The van der Waals surface area contributed by atoms with Crippen molar-refractivity contribution in [1.82, 2.24) is 4.98 Å². The quantitative estimate of drug-likeness (QED) is 0.783. The highest BCUT2D eigenvalue weighted by Crippen LogP contribution is 2.40. The van der Waals surface area contributed by atoms with Gasteiger partial charge in [-0.15, -0.1) is 11.3 Å². The number of nitrogens with zero attached hydrogens (tertiary/aromatic N) is 1. The van der Waals surface area contributed by atoms with Gasteiger partial charge in [0.25, 0.3) is 0 Å². The summed E-state index contributed by atoms with van der Waals surface area (Å²) in [5, 5.41) is 0.633. The Hall–Kier alpha value is -0.390. The van der Waals surface area contributed by atoms with E-state index in [4.69, 9.17) is 5.73 Å². The van der Waals surface area contributed by atoms with Crippen LogP contribution in [0.4, 0.5) is 5.13 Å². The molecule has 0 spiro atoms. The number of thiazole rings is 1. The van der Waals surface area contributed by atoms with Crippen molar-refractivity contribution >= 4 is 48.3 Å². The van der Waals surface area contributed by atoms with Crippen LogP contribution >= 0.6 is 43.2 Å². The molecule has 0 aliphatic carbocycles. The monoisotopic (exact) mass is 388 g/mol. The average molecular weight is 390 g/mol. The molecule has 5 heteroatoms. The lowest BCUT2D eigenvalue weighted by Crippen LogP contribution is -1.99. The van der Waals surface area contributed by atoms with E-state index in [-0.39, 0.29) is 5.92 Å². The predicted molar refractivity (Wildman–Crippen MR) is 85.4 cm³/mol. The maximum Gasteiger partial charge on any atom is 0.180 e. The Bertz CT molecular complexity index is 570. The summed E-state index contributed by atoms with van der Waals surface area (Å²) in [6.07, 6.45) is 0. The van der Waals surface area contributed by atoms with Crippen molar-refractivity contribution in [2.45, 2.75) is 26.7 Å². The Balaban J connectivity index is 2.52. The summed E-state index contributed by atoms with van der Waals surface area (Å²) < 4.78 is 2.24. The Morgan fingerprint density at radius 1 is 1.22 bits per heavy atom. The first-order valence-electron chi connectivity index (χ1n) is 5.58. The smallest absolute Gasteiger partial charge is 0.180 e. The van der Waals surface area contributed by atoms with E-state index in [1.807, 2.05) is 6.92 Å². The molecule has 2 nitrogen and oxygen atoms in total. The van der Waals surface area contributed by atoms with Gasteiger partial charge in [-0.2, -0.15) is 0 Å². The lowest BCUT2D eigenvalue weighted by atomic mass is 9.97. The molecule has 96 valence electrons. The number of aromatic nitrogens is 1. The molecule has 1 aromatic carbocycles. The third kappa shape index (κ3) is 2.63. The van der Waals surface area contributed by atoms with Crippen molar-refractivity contribution in [3.8, 4) is 0 Å². The van der Waals surface area contributed by atoms with E-state index in [1.54, 1.807) is 11.3 Å². The van der Waals surface area contributed by atoms with E-state index < -0.39 is 0 Å². The van der Waals surface area contributed by atoms with Gasteiger partial charge in [-0.25, -0.2) is 4.98 Å². The van der Waals surface area contributed by atoms with Crippen molar-refractivity contribution in [1.29, 1.82) is 0 Å². The van der Waals surface area contributed by atoms with E-state index >= 15 is 0 Å². The van der Waals surface area contributed by atoms with Gasteiger partial charge >= 0.3 is 0 Å². The summed E-state index contributed by atoms with van der Waals surface area (Å²) >= 11 is 8.86. The summed E-state index contributed by atoms with van der Waals surface area (Å²) in [7, 11) is 0. The van der Waals surface area contributed by atoms with Gasteiger partial charge in [-0.05, 0) is 37.1 Å². The van der Waals surface area contributed by atoms with Gasteiger partial charge < -0.3 is 5.73 Å². The van der Waals surface area contributed by atoms with Crippen LogP contribution in [0.3, 0.4) is 0 Å². The number of hydrogen-bond donors (Lipinski definition) is 1. The molecule has 0 radical (unpaired) electrons. The molecule has 1 heterocycles. The number of nitrogens with two attached hydrogens (primary N) is 1. The van der Waals surface area contributed by atoms with Gasteiger partial charge in [0.15, 0.2) is 5.13 Å². The third-order valence-corrected chi connectivity index (χ3v) is 5.38. The number of benzene rings is 1. The van der Waals surface area contributed by atoms with E-state index in [1.165, 1.54) is 16.0 Å². The van der Waals surface area contributed by atoms with Gasteiger partial charge in [0.1, 0.15) is 0 Å². The molecule has 2 aromatic rings. The van der Waals surface area contributed by atoms with Gasteiger partial charge in [0.05, 0.1) is 5.69 Å². The Morgan fingerprint density at radius 2 is 1.78 bits per heavy atom. The molecule has 0 amide bonds. The SMILES string of the molecule is Cc1cc(Br)c(C(C)c2sc(N)nc2C)c(Br)c1. The number of hydrogen-bond acceptors (Lipinski definition) is 3. The Kier molecular flexibility index (Phi) is 4.14. The summed E-state index contributed by atoms with van der Waals surface area (Å²) in [5.41, 5.74) is 9.27. The highest BCUT2D eigenvalue weighted by atomic mass is 79.9. The highest BCUT2D eigenvalue weighted by molar-refractivity contribution is 9.11. The molecule has 0 bridgehead atoms. The van der Waals surface area contributed by atoms with E-state index in [0.29, 0.717) is 5.13 Å². The van der Waals surface area contributed by atoms with E-state index in [2.05, 4.69) is 62.8 Å². The fourth-order valence-electron chi connectivity index (χ4n) is 2.09. The molecule has 0 aliphatic rings. The second kappa shape index (κ2) is 5.31. The number of anilines is 1. The predicted octanol–water partition coefficient (Wildman–Crippen LogP) is 5.02. The Morgan fingerprint density at radius 3 is 2.22 bits per heavy atom. The molecule has 0 fully saturated rings. The van der Waals surface area contributed by atoms with Gasteiger partial charge in [-0.3, -0.25) is 0 Å². The molecule has 0 saturated heterocycles. The van der Waals surface area contributed by atoms with Crippen LogP contribution in [0.1, 0.15) is 34.5 Å². The van der Waals surface area contributed by atoms with Crippen LogP contribution in [0.25, 0.3) is 0 Å². The topological polar surface area (TPSA) is 38.9 Å². The van der Waals surface area contributed by atoms with Gasteiger partial charge in [0.2, 0.25) is 0 Å². The summed E-state index contributed by atoms with van der Waals surface area (Å²) in [6.45, 7) is 6.27. The number of aryl methyl sites for hydroxylation is 2. The molecular formula is C13H14Br2N2S. The number of nitrogen functional groups attached to an aromatic ring is 1. The minimum atomic E-state index is 0.268. The fraction of sp³-hybridized carbons (Fsp3) is 0.308. The van der Waals surface area contributed by atoms with Gasteiger partial charge in [-0.1, -0.05) is 38.8 Å². The second-order valence-electron chi connectivity index (χ2n) is 4.37. The maximum absolute atomic E-state index is 5.78. The first-order chi connectivity index (χ1) is 8.40. The molecule has 1 atom stereocenters. The molecule has 1 unspecified atom stereocenters. The molecular weight excluding hydrogens is 376 g/mol. The first-order valence-corrected chi connectivity index (χ1v) is 7.98. The second-order valence-corrected chi connectivity index (χ2v) is 7.14. The normalized spacial score (nSPS) is 12.7. The van der Waals surface area contributed by atoms with Crippen molar-refractivity contribution in [2.24, 2.45) is 0 Å². The summed E-state index contributed by atoms with van der Waals surface area (Å²) in [4.78, 5) is 5.52. The van der Waals surface area contributed by atoms with Crippen LogP contribution in [0, 0.1) is 13.8 Å². The highest BCUT2D eigenvalue weighted by Gasteiger charge is 2.20. The van der Waals surface area contributed by atoms with Crippen molar-refractivity contribution in [3.05, 3.63) is 42.8 Å². The first kappa shape index (κ1) is 14.0. The van der Waals surface area contributed by atoms with Crippen LogP contribution in [0.15, 0.2) is 21.1 Å². The fourth-order valence-corrected chi connectivity index (χ4v) is 5.09. The molecule has 1 aromatic heterocycles. The van der Waals surface area contributed by atoms with E-state index in [9.17, 15) is 0 Å². The summed E-state index contributed by atoms with van der Waals surface area (Å²) in [6, 6.07) is 4.27. The van der Waals surface area contributed by atoms with Crippen LogP contribution in [0.2, 0.25) is 0 Å². The van der Waals surface area contributed by atoms with Crippen molar-refractivity contribution < 1.29 is 0 Å². The van der Waals surface area contributed by atoms with Gasteiger partial charge in [0, 0.05) is 19.7 Å². The largest absolute Gasteiger partial charge is 0.375 e. The molecule has 0 saturated carbocycles. The number of halogens is 2. The minimum Gasteiger partial charge on any atom is -0.375 e. The molecule has 18 heavy (non-hydrogen) atoms. The van der Waals surface area contributed by atoms with Crippen LogP contribution in [0.5, 0.6) is 0 Å². The van der Waals surface area contributed by atoms with Crippen LogP contribution in [-0.4, -0.2) is 4.98 Å². The lowest BCUT2D eigenvalue weighted by molar-refractivity contribution is 0.912. The van der Waals surface area contributed by atoms with E-state index in [0.717, 1.165) is 14.6 Å². The molecule has 0 aliphatic heterocycles. The zero-order valence-electron chi connectivity index (χ0n) is 10.4. The molecule has 2 N–H and O–H groups in total. The Labute approximate surface area is 128 Å². The standard InChI is InChI=1S/C13H14Br2N2S/c1-6-4-9(14)11(10(15)5-6)7(2)12-8(3)17-13(16)18-12/h4-5,7H,1-3H3,(H2,16,17). The summed E-state index contributed by atoms with van der Waals surface area (Å²) in [5.74, 6) is 0.268. The third-order valence-electron chi connectivity index (χ3n) is 2.90. The number of rotatable bonds is 2. The lowest BCUT2D eigenvalue weighted by Gasteiger charge is -2.16. The van der Waals surface area contributed by atoms with Crippen molar-refractivity contribution in [3.63, 3.8) is 0 Å². The van der Waals surface area contributed by atoms with Crippen LogP contribution in [-0.2, 0) is 0 Å². The zero-order chi connectivity index (χ0) is 13.4. The molecule has 2 rings (SSSR count). The zero-order valence-corrected chi connectivity index (χ0v) is 14.4. The average Bonchev–Trinajstić information content (AvgIpc) is 2.56.